The third kappa shape index (κ3) is 3.25. The Kier molecular flexibility index (Phi) is 4.60. The fourth-order valence-corrected chi connectivity index (χ4v) is 7.21. The van der Waals surface area contributed by atoms with E-state index >= 15 is 0 Å². The molecule has 1 atom stereocenters. The van der Waals surface area contributed by atoms with E-state index in [0.717, 1.165) is 5.39 Å². The minimum Gasteiger partial charge on any atom is -0.323 e. The summed E-state index contributed by atoms with van der Waals surface area (Å²) >= 11 is 0. The van der Waals surface area contributed by atoms with E-state index in [9.17, 15) is 22.8 Å². The Bertz CT molecular complexity index is 1340. The van der Waals surface area contributed by atoms with Crippen LogP contribution in [0.25, 0.3) is 21.5 Å². The van der Waals surface area contributed by atoms with Crippen molar-refractivity contribution in [2.75, 3.05) is 0 Å². The number of rotatable bonds is 4. The largest absolute Gasteiger partial charge is 0.348 e. The molecule has 142 valence electrons. The van der Waals surface area contributed by atoms with Crippen LogP contribution in [0.15, 0.2) is 89.8 Å². The smallest absolute Gasteiger partial charge is 0.323 e. The van der Waals surface area contributed by atoms with Crippen LogP contribution in [0.3, 0.4) is 0 Å². The Morgan fingerprint density at radius 1 is 0.714 bits per heavy atom. The standard InChI is InChI=1S/C21H17O5PS/c22-27(23,24)21(20-11-5-9-16-7-3-4-10-19(16)20)28(25,26)18-13-12-15-6-1-2-8-17(15)14-18/h1-14,21H,(H2,22,23,24). The van der Waals surface area contributed by atoms with Crippen LogP contribution >= 0.6 is 7.60 Å². The zero-order valence-corrected chi connectivity index (χ0v) is 16.3. The van der Waals surface area contributed by atoms with Gasteiger partial charge in [-0.1, -0.05) is 72.8 Å². The first-order valence-electron chi connectivity index (χ1n) is 8.54. The molecule has 2 N–H and O–H groups in total. The van der Waals surface area contributed by atoms with Gasteiger partial charge in [0, 0.05) is 0 Å². The molecule has 4 rings (SSSR count). The summed E-state index contributed by atoms with van der Waals surface area (Å²) in [5.41, 5.74) is 0.0968. The van der Waals surface area contributed by atoms with E-state index in [0.29, 0.717) is 16.2 Å². The second-order valence-corrected chi connectivity index (χ2v) is 10.6. The summed E-state index contributed by atoms with van der Waals surface area (Å²) in [6.07, 6.45) is 0. The number of hydrogen-bond acceptors (Lipinski definition) is 3. The Morgan fingerprint density at radius 3 is 2.04 bits per heavy atom. The second-order valence-electron chi connectivity index (χ2n) is 6.56. The van der Waals surface area contributed by atoms with Crippen LogP contribution in [0.4, 0.5) is 0 Å². The molecule has 7 heteroatoms. The molecule has 0 bridgehead atoms. The summed E-state index contributed by atoms with van der Waals surface area (Å²) in [6.45, 7) is 0. The predicted molar refractivity (Wildman–Crippen MR) is 110 cm³/mol. The van der Waals surface area contributed by atoms with E-state index in [2.05, 4.69) is 0 Å². The first-order chi connectivity index (χ1) is 13.3. The first kappa shape index (κ1) is 18.8. The predicted octanol–water partition coefficient (Wildman–Crippen LogP) is 4.64. The second kappa shape index (κ2) is 6.83. The molecule has 0 aliphatic rings. The minimum absolute atomic E-state index is 0.0968. The van der Waals surface area contributed by atoms with Gasteiger partial charge in [-0.15, -0.1) is 0 Å². The lowest BCUT2D eigenvalue weighted by Gasteiger charge is -2.21. The lowest BCUT2D eigenvalue weighted by atomic mass is 10.1. The van der Waals surface area contributed by atoms with Gasteiger partial charge in [-0.05, 0) is 39.2 Å². The molecule has 0 radical (unpaired) electrons. The van der Waals surface area contributed by atoms with Crippen LogP contribution in [0, 0.1) is 0 Å². The Balaban J connectivity index is 1.98. The average molecular weight is 412 g/mol. The van der Waals surface area contributed by atoms with Gasteiger partial charge in [0.2, 0.25) is 0 Å². The summed E-state index contributed by atoms with van der Waals surface area (Å²) in [5, 5.41) is 2.75. The molecule has 0 saturated heterocycles. The van der Waals surface area contributed by atoms with Crippen molar-refractivity contribution in [2.24, 2.45) is 0 Å². The van der Waals surface area contributed by atoms with Crippen molar-refractivity contribution < 1.29 is 22.8 Å². The molecule has 4 aromatic carbocycles. The van der Waals surface area contributed by atoms with Gasteiger partial charge < -0.3 is 9.79 Å². The molecule has 0 saturated carbocycles. The maximum Gasteiger partial charge on any atom is 0.348 e. The van der Waals surface area contributed by atoms with Crippen molar-refractivity contribution in [3.63, 3.8) is 0 Å². The molecule has 0 amide bonds. The number of fused-ring (bicyclic) bond motifs is 2. The molecule has 5 nitrogen and oxygen atoms in total. The van der Waals surface area contributed by atoms with Gasteiger partial charge in [-0.2, -0.15) is 0 Å². The minimum atomic E-state index is -5.04. The van der Waals surface area contributed by atoms with Gasteiger partial charge in [0.15, 0.2) is 14.8 Å². The Morgan fingerprint density at radius 2 is 1.32 bits per heavy atom. The molecule has 0 fully saturated rings. The van der Waals surface area contributed by atoms with Crippen LogP contribution in [0.2, 0.25) is 0 Å². The van der Waals surface area contributed by atoms with Crippen LogP contribution in [0.1, 0.15) is 10.6 Å². The molecule has 0 aliphatic carbocycles. The highest BCUT2D eigenvalue weighted by Gasteiger charge is 2.43. The maximum absolute atomic E-state index is 13.4. The van der Waals surface area contributed by atoms with Gasteiger partial charge in [0.05, 0.1) is 4.90 Å². The molecule has 0 aromatic heterocycles. The van der Waals surface area contributed by atoms with Gasteiger partial charge in [0.1, 0.15) is 0 Å². The number of benzene rings is 4. The quantitative estimate of drug-likeness (QED) is 0.477. The lowest BCUT2D eigenvalue weighted by molar-refractivity contribution is 0.369. The zero-order chi connectivity index (χ0) is 19.9. The third-order valence-electron chi connectivity index (χ3n) is 4.74. The molecule has 0 spiro atoms. The van der Waals surface area contributed by atoms with Gasteiger partial charge in [-0.25, -0.2) is 8.42 Å². The molecular weight excluding hydrogens is 395 g/mol. The van der Waals surface area contributed by atoms with Crippen LogP contribution < -0.4 is 0 Å². The van der Waals surface area contributed by atoms with Crippen molar-refractivity contribution >= 4 is 39.0 Å². The maximum atomic E-state index is 13.4. The summed E-state index contributed by atoms with van der Waals surface area (Å²) < 4.78 is 39.1. The third-order valence-corrected chi connectivity index (χ3v) is 9.04. The molecule has 28 heavy (non-hydrogen) atoms. The lowest BCUT2D eigenvalue weighted by Crippen LogP contribution is -2.15. The molecule has 4 aromatic rings. The van der Waals surface area contributed by atoms with Crippen molar-refractivity contribution in [3.05, 3.63) is 90.5 Å². The Labute approximate surface area is 162 Å². The van der Waals surface area contributed by atoms with E-state index < -0.39 is 22.4 Å². The van der Waals surface area contributed by atoms with Crippen molar-refractivity contribution in [1.82, 2.24) is 0 Å². The first-order valence-corrected chi connectivity index (χ1v) is 11.8. The number of hydrogen-bond donors (Lipinski definition) is 2. The normalized spacial score (nSPS) is 13.6. The van der Waals surface area contributed by atoms with Crippen molar-refractivity contribution in [2.45, 2.75) is 9.89 Å². The molecule has 0 aliphatic heterocycles. The summed E-state index contributed by atoms with van der Waals surface area (Å²) in [6, 6.07) is 23.5. The van der Waals surface area contributed by atoms with E-state index in [4.69, 9.17) is 0 Å². The monoisotopic (exact) mass is 412 g/mol. The highest BCUT2D eigenvalue weighted by atomic mass is 32.2. The number of sulfone groups is 1. The molecular formula is C21H17O5PS. The summed E-state index contributed by atoms with van der Waals surface area (Å²) in [5.74, 6) is 0. The highest BCUT2D eigenvalue weighted by molar-refractivity contribution is 7.97. The van der Waals surface area contributed by atoms with Crippen LogP contribution in [0.5, 0.6) is 0 Å². The van der Waals surface area contributed by atoms with E-state index in [1.54, 1.807) is 54.6 Å². The summed E-state index contributed by atoms with van der Waals surface area (Å²) in [7, 11) is -9.40. The van der Waals surface area contributed by atoms with Gasteiger partial charge in [-0.3, -0.25) is 4.57 Å². The topological polar surface area (TPSA) is 91.7 Å². The SMILES string of the molecule is O=P(O)(O)C(c1cccc2ccccc12)S(=O)(=O)c1ccc2ccccc2c1. The van der Waals surface area contributed by atoms with Crippen molar-refractivity contribution in [1.29, 1.82) is 0 Å². The molecule has 0 heterocycles. The highest BCUT2D eigenvalue weighted by Crippen LogP contribution is 2.57. The van der Waals surface area contributed by atoms with E-state index in [-0.39, 0.29) is 10.5 Å². The van der Waals surface area contributed by atoms with Gasteiger partial charge in [0.25, 0.3) is 0 Å². The average Bonchev–Trinajstić information content (AvgIpc) is 2.66. The fraction of sp³-hybridized carbons (Fsp3) is 0.0476. The summed E-state index contributed by atoms with van der Waals surface area (Å²) in [4.78, 5) is 18.0. The van der Waals surface area contributed by atoms with Gasteiger partial charge >= 0.3 is 7.60 Å². The molecule has 1 unspecified atom stereocenters. The fourth-order valence-electron chi connectivity index (χ4n) is 3.47. The Hall–Kier alpha value is -2.50. The van der Waals surface area contributed by atoms with Crippen molar-refractivity contribution in [3.8, 4) is 0 Å². The van der Waals surface area contributed by atoms with Crippen LogP contribution in [-0.2, 0) is 14.4 Å². The zero-order valence-electron chi connectivity index (χ0n) is 14.6. The van der Waals surface area contributed by atoms with Crippen LogP contribution in [-0.4, -0.2) is 18.2 Å². The van der Waals surface area contributed by atoms with E-state index in [1.165, 1.54) is 18.2 Å². The van der Waals surface area contributed by atoms with E-state index in [1.807, 2.05) is 12.1 Å².